The lowest BCUT2D eigenvalue weighted by Gasteiger charge is -2.26. The topological polar surface area (TPSA) is 104 Å². The van der Waals surface area contributed by atoms with Crippen LogP contribution in [0.25, 0.3) is 0 Å². The second-order valence-corrected chi connectivity index (χ2v) is 8.06. The summed E-state index contributed by atoms with van der Waals surface area (Å²) in [6.07, 6.45) is 0. The molecule has 0 aromatic heterocycles. The molecule has 1 rings (SSSR count). The zero-order valence-corrected chi connectivity index (χ0v) is 13.7. The van der Waals surface area contributed by atoms with Gasteiger partial charge >= 0.3 is 15.6 Å². The summed E-state index contributed by atoms with van der Waals surface area (Å²) in [7, 11) is -10.4. The molecule has 0 amide bonds. The van der Waals surface area contributed by atoms with E-state index >= 15 is 0 Å². The molecule has 0 aliphatic rings. The van der Waals surface area contributed by atoms with Gasteiger partial charge in [0.15, 0.2) is 0 Å². The van der Waals surface area contributed by atoms with Gasteiger partial charge in [-0.3, -0.25) is 8.65 Å². The Hall–Kier alpha value is -0.730. The maximum Gasteiger partial charge on any atom is 0.523 e. The summed E-state index contributed by atoms with van der Waals surface area (Å²) in [6.45, 7) is -2.38. The predicted octanol–water partition coefficient (Wildman–Crippen LogP) is 1.80. The summed E-state index contributed by atoms with van der Waals surface area (Å²) in [5, 5.41) is 11.4. The maximum atomic E-state index is 12.0. The molecule has 1 aromatic rings. The van der Waals surface area contributed by atoms with Gasteiger partial charge in [-0.2, -0.15) is 21.6 Å². The van der Waals surface area contributed by atoms with E-state index in [1.54, 1.807) is 0 Å². The van der Waals surface area contributed by atoms with Crippen molar-refractivity contribution in [2.75, 3.05) is 13.2 Å². The quantitative estimate of drug-likeness (QED) is 0.390. The number of hydrogen-bond donors (Lipinski definition) is 0. The molecular formula is C9H8BrF3NO6S2-. The van der Waals surface area contributed by atoms with Gasteiger partial charge in [0.05, 0.1) is 11.5 Å². The number of sulfonamides is 1. The number of hydrogen-bond acceptors (Lipinski definition) is 6. The van der Waals surface area contributed by atoms with Crippen LogP contribution in [0.3, 0.4) is 0 Å². The molecule has 0 spiro atoms. The van der Waals surface area contributed by atoms with E-state index in [1.165, 1.54) is 12.1 Å². The Bertz CT molecular complexity index is 717. The zero-order chi connectivity index (χ0) is 17.2. The number of rotatable bonds is 6. The first-order chi connectivity index (χ1) is 9.88. The SMILES string of the molecule is O=S(=O)(c1ccc(Br)cc1)N([O-])CCOS(=O)(=O)C(F)(F)F. The number of alkyl halides is 3. The van der Waals surface area contributed by atoms with Gasteiger partial charge in [-0.25, -0.2) is 8.42 Å². The molecule has 0 aliphatic carbocycles. The van der Waals surface area contributed by atoms with Crippen LogP contribution in [0.5, 0.6) is 0 Å². The lowest BCUT2D eigenvalue weighted by atomic mass is 10.4. The molecule has 13 heteroatoms. The van der Waals surface area contributed by atoms with Crippen LogP contribution in [0.2, 0.25) is 0 Å². The van der Waals surface area contributed by atoms with Gasteiger partial charge in [-0.05, 0) is 24.3 Å². The molecule has 0 heterocycles. The standard InChI is InChI=1S/C9H8BrF3NO6S2/c10-7-1-3-8(4-2-7)21(16,17)14(15)5-6-20-22(18,19)9(11,12)13/h1-4H,5-6H2/q-1. The predicted molar refractivity (Wildman–Crippen MR) is 72.3 cm³/mol. The molecule has 1 aromatic carbocycles. The van der Waals surface area contributed by atoms with E-state index in [1.807, 2.05) is 0 Å². The summed E-state index contributed by atoms with van der Waals surface area (Å²) in [5.74, 6) is 0. The van der Waals surface area contributed by atoms with E-state index in [0.29, 0.717) is 4.47 Å². The van der Waals surface area contributed by atoms with Gasteiger partial charge in [0.1, 0.15) is 0 Å². The lowest BCUT2D eigenvalue weighted by molar-refractivity contribution is -0.0542. The van der Waals surface area contributed by atoms with Crippen molar-refractivity contribution < 1.29 is 34.2 Å². The third kappa shape index (κ3) is 4.63. The highest BCUT2D eigenvalue weighted by molar-refractivity contribution is 9.10. The van der Waals surface area contributed by atoms with E-state index in [9.17, 15) is 35.2 Å². The summed E-state index contributed by atoms with van der Waals surface area (Å²) in [5.41, 5.74) is -5.65. The van der Waals surface area contributed by atoms with Gasteiger partial charge in [0.25, 0.3) is 0 Å². The largest absolute Gasteiger partial charge is 0.772 e. The third-order valence-electron chi connectivity index (χ3n) is 2.18. The Balaban J connectivity index is 2.73. The highest BCUT2D eigenvalue weighted by Crippen LogP contribution is 2.24. The smallest absolute Gasteiger partial charge is 0.523 e. The molecule has 0 aliphatic heterocycles. The number of hydroxylamine groups is 1. The monoisotopic (exact) mass is 426 g/mol. The van der Waals surface area contributed by atoms with Crippen LogP contribution in [0.15, 0.2) is 33.6 Å². The van der Waals surface area contributed by atoms with Gasteiger partial charge < -0.3 is 5.21 Å². The molecule has 0 saturated heterocycles. The van der Waals surface area contributed by atoms with Crippen molar-refractivity contribution in [3.63, 3.8) is 0 Å². The Kier molecular flexibility index (Phi) is 5.97. The Morgan fingerprint density at radius 2 is 1.64 bits per heavy atom. The normalized spacial score (nSPS) is 13.5. The van der Waals surface area contributed by atoms with E-state index < -0.39 is 48.2 Å². The first kappa shape index (κ1) is 19.3. The fraction of sp³-hybridized carbons (Fsp3) is 0.333. The highest BCUT2D eigenvalue weighted by Gasteiger charge is 2.47. The first-order valence-electron chi connectivity index (χ1n) is 5.29. The summed E-state index contributed by atoms with van der Waals surface area (Å²) in [6, 6.07) is 4.87. The van der Waals surface area contributed by atoms with Crippen LogP contribution in [-0.2, 0) is 24.3 Å². The van der Waals surface area contributed by atoms with Gasteiger partial charge in [-0.15, -0.1) is 0 Å². The molecule has 7 nitrogen and oxygen atoms in total. The van der Waals surface area contributed by atoms with Crippen molar-refractivity contribution >= 4 is 36.1 Å². The van der Waals surface area contributed by atoms with Crippen LogP contribution >= 0.6 is 15.9 Å². The molecule has 126 valence electrons. The first-order valence-corrected chi connectivity index (χ1v) is 8.93. The Labute approximate surface area is 132 Å². The van der Waals surface area contributed by atoms with Crippen LogP contribution in [0.1, 0.15) is 0 Å². The molecule has 0 N–H and O–H groups in total. The van der Waals surface area contributed by atoms with Crippen molar-refractivity contribution in [3.05, 3.63) is 33.9 Å². The average molecular weight is 427 g/mol. The highest BCUT2D eigenvalue weighted by atomic mass is 79.9. The number of nitrogens with zero attached hydrogens (tertiary/aromatic N) is 1. The third-order valence-corrected chi connectivity index (χ3v) is 5.33. The van der Waals surface area contributed by atoms with E-state index in [4.69, 9.17) is 0 Å². The molecular weight excluding hydrogens is 419 g/mol. The zero-order valence-electron chi connectivity index (χ0n) is 10.4. The van der Waals surface area contributed by atoms with Crippen molar-refractivity contribution in [1.82, 2.24) is 4.47 Å². The lowest BCUT2D eigenvalue weighted by Crippen LogP contribution is -2.32. The van der Waals surface area contributed by atoms with Crippen molar-refractivity contribution in [1.29, 1.82) is 0 Å². The maximum absolute atomic E-state index is 12.0. The number of halogens is 4. The Morgan fingerprint density at radius 3 is 2.09 bits per heavy atom. The van der Waals surface area contributed by atoms with E-state index in [0.717, 1.165) is 12.1 Å². The molecule has 0 fully saturated rings. The van der Waals surface area contributed by atoms with E-state index in [-0.39, 0.29) is 0 Å². The summed E-state index contributed by atoms with van der Waals surface area (Å²) < 4.78 is 84.1. The van der Waals surface area contributed by atoms with Crippen molar-refractivity contribution in [2.45, 2.75) is 10.4 Å². The Morgan fingerprint density at radius 1 is 1.14 bits per heavy atom. The molecule has 22 heavy (non-hydrogen) atoms. The fourth-order valence-electron chi connectivity index (χ4n) is 1.13. The van der Waals surface area contributed by atoms with Gasteiger partial charge in [0.2, 0.25) is 10.0 Å². The van der Waals surface area contributed by atoms with Gasteiger partial charge in [-0.1, -0.05) is 15.9 Å². The van der Waals surface area contributed by atoms with Gasteiger partial charge in [0, 0.05) is 11.0 Å². The molecule has 0 radical (unpaired) electrons. The minimum atomic E-state index is -5.88. The van der Waals surface area contributed by atoms with Crippen LogP contribution in [-0.4, -0.2) is 40.0 Å². The van der Waals surface area contributed by atoms with Crippen LogP contribution < -0.4 is 0 Å². The van der Waals surface area contributed by atoms with Crippen molar-refractivity contribution in [3.8, 4) is 0 Å². The van der Waals surface area contributed by atoms with Crippen LogP contribution in [0, 0.1) is 5.21 Å². The minimum absolute atomic E-state index is 0.399. The number of benzene rings is 1. The van der Waals surface area contributed by atoms with E-state index in [2.05, 4.69) is 20.1 Å². The molecule has 0 atom stereocenters. The average Bonchev–Trinajstić information content (AvgIpc) is 2.37. The molecule has 0 saturated carbocycles. The molecule has 0 unspecified atom stereocenters. The minimum Gasteiger partial charge on any atom is -0.772 e. The molecule has 0 bridgehead atoms. The fourth-order valence-corrected chi connectivity index (χ4v) is 2.85. The summed E-state index contributed by atoms with van der Waals surface area (Å²) >= 11 is 3.05. The second-order valence-electron chi connectivity index (χ2n) is 3.71. The van der Waals surface area contributed by atoms with Crippen LogP contribution in [0.4, 0.5) is 13.2 Å². The summed E-state index contributed by atoms with van der Waals surface area (Å²) in [4.78, 5) is -0.399. The second kappa shape index (κ2) is 6.80. The van der Waals surface area contributed by atoms with Crippen molar-refractivity contribution in [2.24, 2.45) is 0 Å².